The summed E-state index contributed by atoms with van der Waals surface area (Å²) in [6.07, 6.45) is 5.73. The van der Waals surface area contributed by atoms with Crippen molar-refractivity contribution in [3.8, 4) is 11.5 Å². The van der Waals surface area contributed by atoms with Crippen LogP contribution in [0.3, 0.4) is 0 Å². The lowest BCUT2D eigenvalue weighted by Crippen LogP contribution is -2.34. The number of benzene rings is 1. The number of ether oxygens (including phenoxy) is 2. The maximum Gasteiger partial charge on any atom is 0.176 e. The van der Waals surface area contributed by atoms with Crippen LogP contribution in [0.2, 0.25) is 0 Å². The first-order valence-electron chi connectivity index (χ1n) is 9.26. The zero-order valence-corrected chi connectivity index (χ0v) is 16.1. The maximum absolute atomic E-state index is 5.40. The molecule has 142 valence electrons. The summed E-state index contributed by atoms with van der Waals surface area (Å²) in [4.78, 5) is 11.4. The van der Waals surface area contributed by atoms with E-state index in [1.807, 2.05) is 17.8 Å². The van der Waals surface area contributed by atoms with Gasteiger partial charge in [-0.15, -0.1) is 0 Å². The van der Waals surface area contributed by atoms with Gasteiger partial charge in [-0.2, -0.15) is 5.10 Å². The van der Waals surface area contributed by atoms with Gasteiger partial charge in [0.2, 0.25) is 0 Å². The summed E-state index contributed by atoms with van der Waals surface area (Å²) in [5.74, 6) is 2.01. The van der Waals surface area contributed by atoms with Crippen LogP contribution in [0.1, 0.15) is 30.0 Å². The van der Waals surface area contributed by atoms with E-state index in [0.29, 0.717) is 5.92 Å². The van der Waals surface area contributed by atoms with Gasteiger partial charge in [0.05, 0.1) is 19.9 Å². The van der Waals surface area contributed by atoms with Crippen LogP contribution < -0.4 is 9.47 Å². The topological polar surface area (TPSA) is 65.3 Å². The molecule has 0 spiro atoms. The van der Waals surface area contributed by atoms with Gasteiger partial charge >= 0.3 is 0 Å². The number of rotatable bonds is 5. The van der Waals surface area contributed by atoms with Crippen molar-refractivity contribution >= 4 is 11.2 Å². The molecule has 1 atom stereocenters. The van der Waals surface area contributed by atoms with Gasteiger partial charge in [0.1, 0.15) is 17.0 Å². The van der Waals surface area contributed by atoms with Crippen LogP contribution in [0.5, 0.6) is 11.5 Å². The number of aromatic nitrogens is 4. The SMILES string of the molecule is COc1cc(CN2CCCC(c3nn(C)c4nccnc34)C2)cc(OC)c1. The van der Waals surface area contributed by atoms with Crippen LogP contribution in [0, 0.1) is 0 Å². The Morgan fingerprint density at radius 1 is 1.07 bits per heavy atom. The summed E-state index contributed by atoms with van der Waals surface area (Å²) in [5, 5.41) is 4.73. The molecule has 1 unspecified atom stereocenters. The van der Waals surface area contributed by atoms with Crippen LogP contribution >= 0.6 is 0 Å². The van der Waals surface area contributed by atoms with Gasteiger partial charge in [0.25, 0.3) is 0 Å². The Hall–Kier alpha value is -2.67. The van der Waals surface area contributed by atoms with Gasteiger partial charge in [-0.3, -0.25) is 4.90 Å². The molecule has 0 bridgehead atoms. The summed E-state index contributed by atoms with van der Waals surface area (Å²) >= 11 is 0. The molecule has 0 aliphatic carbocycles. The first kappa shape index (κ1) is 17.7. The number of piperidine rings is 1. The lowest BCUT2D eigenvalue weighted by molar-refractivity contribution is 0.198. The highest BCUT2D eigenvalue weighted by Crippen LogP contribution is 2.31. The molecule has 0 saturated carbocycles. The van der Waals surface area contributed by atoms with Gasteiger partial charge in [-0.1, -0.05) is 0 Å². The quantitative estimate of drug-likeness (QED) is 0.691. The van der Waals surface area contributed by atoms with Crippen molar-refractivity contribution in [2.45, 2.75) is 25.3 Å². The molecule has 4 rings (SSSR count). The van der Waals surface area contributed by atoms with Gasteiger partial charge < -0.3 is 9.47 Å². The third kappa shape index (κ3) is 3.60. The van der Waals surface area contributed by atoms with Crippen molar-refractivity contribution < 1.29 is 9.47 Å². The number of methoxy groups -OCH3 is 2. The van der Waals surface area contributed by atoms with Crippen LogP contribution in [0.25, 0.3) is 11.2 Å². The lowest BCUT2D eigenvalue weighted by atomic mass is 9.94. The molecule has 7 heteroatoms. The second-order valence-corrected chi connectivity index (χ2v) is 7.03. The van der Waals surface area contributed by atoms with E-state index >= 15 is 0 Å². The van der Waals surface area contributed by atoms with Crippen molar-refractivity contribution in [2.75, 3.05) is 27.3 Å². The number of likely N-dealkylation sites (tertiary alicyclic amines) is 1. The average molecular weight is 367 g/mol. The third-order valence-electron chi connectivity index (χ3n) is 5.20. The molecule has 1 aliphatic heterocycles. The fraction of sp³-hybridized carbons (Fsp3) is 0.450. The van der Waals surface area contributed by atoms with Crippen LogP contribution in [0.4, 0.5) is 0 Å². The summed E-state index contributed by atoms with van der Waals surface area (Å²) in [6, 6.07) is 6.06. The second kappa shape index (κ2) is 7.52. The molecular weight excluding hydrogens is 342 g/mol. The zero-order valence-electron chi connectivity index (χ0n) is 16.1. The molecule has 0 amide bonds. The number of aryl methyl sites for hydroxylation is 1. The summed E-state index contributed by atoms with van der Waals surface area (Å²) in [6.45, 7) is 2.90. The minimum atomic E-state index is 0.367. The number of fused-ring (bicyclic) bond motifs is 1. The second-order valence-electron chi connectivity index (χ2n) is 7.03. The van der Waals surface area contributed by atoms with Crippen molar-refractivity contribution in [1.29, 1.82) is 0 Å². The van der Waals surface area contributed by atoms with Crippen LogP contribution in [-0.4, -0.2) is 52.0 Å². The molecule has 27 heavy (non-hydrogen) atoms. The number of hydrogen-bond donors (Lipinski definition) is 0. The van der Waals surface area contributed by atoms with Gasteiger partial charge in [0, 0.05) is 44.5 Å². The van der Waals surface area contributed by atoms with Gasteiger partial charge in [0.15, 0.2) is 5.65 Å². The molecule has 1 saturated heterocycles. The Morgan fingerprint density at radius 2 is 1.81 bits per heavy atom. The van der Waals surface area contributed by atoms with Crippen molar-refractivity contribution in [3.05, 3.63) is 41.9 Å². The molecule has 1 aromatic carbocycles. The minimum absolute atomic E-state index is 0.367. The summed E-state index contributed by atoms with van der Waals surface area (Å²) < 4.78 is 12.6. The fourth-order valence-electron chi connectivity index (χ4n) is 3.92. The maximum atomic E-state index is 5.40. The van der Waals surface area contributed by atoms with E-state index in [9.17, 15) is 0 Å². The van der Waals surface area contributed by atoms with E-state index < -0.39 is 0 Å². The lowest BCUT2D eigenvalue weighted by Gasteiger charge is -2.32. The van der Waals surface area contributed by atoms with Crippen LogP contribution in [0.15, 0.2) is 30.6 Å². The molecule has 7 nitrogen and oxygen atoms in total. The Labute approximate surface area is 158 Å². The predicted octanol–water partition coefficient (Wildman–Crippen LogP) is 2.76. The third-order valence-corrected chi connectivity index (χ3v) is 5.20. The summed E-state index contributed by atoms with van der Waals surface area (Å²) in [7, 11) is 5.30. The monoisotopic (exact) mass is 367 g/mol. The van der Waals surface area contributed by atoms with Gasteiger partial charge in [-0.05, 0) is 37.1 Å². The molecule has 1 aliphatic rings. The standard InChI is InChI=1S/C20H25N5O2/c1-24-20-19(21-6-7-22-20)18(23-24)15-5-4-8-25(13-15)12-14-9-16(26-2)11-17(10-14)27-3/h6-7,9-11,15H,4-5,8,12-13H2,1-3H3. The molecule has 3 aromatic rings. The van der Waals surface area contributed by atoms with Crippen molar-refractivity contribution in [1.82, 2.24) is 24.6 Å². The van der Waals surface area contributed by atoms with E-state index in [1.54, 1.807) is 26.6 Å². The molecule has 0 radical (unpaired) electrons. The number of hydrogen-bond acceptors (Lipinski definition) is 6. The van der Waals surface area contributed by atoms with Crippen molar-refractivity contribution in [3.63, 3.8) is 0 Å². The van der Waals surface area contributed by atoms with Crippen LogP contribution in [-0.2, 0) is 13.6 Å². The summed E-state index contributed by atoms with van der Waals surface area (Å²) in [5.41, 5.74) is 4.03. The van der Waals surface area contributed by atoms with Crippen molar-refractivity contribution in [2.24, 2.45) is 7.05 Å². The Bertz CT molecular complexity index is 917. The minimum Gasteiger partial charge on any atom is -0.497 e. The smallest absolute Gasteiger partial charge is 0.176 e. The van der Waals surface area contributed by atoms with E-state index in [0.717, 1.165) is 60.8 Å². The van der Waals surface area contributed by atoms with E-state index in [4.69, 9.17) is 14.6 Å². The molecule has 2 aromatic heterocycles. The largest absolute Gasteiger partial charge is 0.497 e. The number of nitrogens with zero attached hydrogens (tertiary/aromatic N) is 5. The highest BCUT2D eigenvalue weighted by atomic mass is 16.5. The highest BCUT2D eigenvalue weighted by molar-refractivity contribution is 5.73. The first-order chi connectivity index (χ1) is 13.2. The first-order valence-corrected chi connectivity index (χ1v) is 9.26. The van der Waals surface area contributed by atoms with E-state index in [-0.39, 0.29) is 0 Å². The fourth-order valence-corrected chi connectivity index (χ4v) is 3.92. The van der Waals surface area contributed by atoms with Gasteiger partial charge in [-0.25, -0.2) is 14.6 Å². The highest BCUT2D eigenvalue weighted by Gasteiger charge is 2.26. The zero-order chi connectivity index (χ0) is 18.8. The predicted molar refractivity (Wildman–Crippen MR) is 103 cm³/mol. The normalized spacial score (nSPS) is 18.0. The Balaban J connectivity index is 1.55. The van der Waals surface area contributed by atoms with E-state index in [1.165, 1.54) is 5.56 Å². The Morgan fingerprint density at radius 3 is 2.56 bits per heavy atom. The Kier molecular flexibility index (Phi) is 4.94. The average Bonchev–Trinajstić information content (AvgIpc) is 3.05. The van der Waals surface area contributed by atoms with E-state index in [2.05, 4.69) is 27.0 Å². The molecule has 0 N–H and O–H groups in total. The molecular formula is C20H25N5O2. The molecule has 3 heterocycles. The molecule has 1 fully saturated rings.